The van der Waals surface area contributed by atoms with Crippen molar-refractivity contribution >= 4 is 29.4 Å². The quantitative estimate of drug-likeness (QED) is 0.352. The molecule has 10 heteroatoms. The number of amides is 2. The Hall–Kier alpha value is -3.82. The average molecular weight is 481 g/mol. The molecule has 1 atom stereocenters. The molecule has 1 aromatic heterocycles. The van der Waals surface area contributed by atoms with Crippen LogP contribution in [0, 0.1) is 5.92 Å². The molecule has 10 nitrogen and oxygen atoms in total. The van der Waals surface area contributed by atoms with Gasteiger partial charge < -0.3 is 30.6 Å². The molecule has 1 unspecified atom stereocenters. The van der Waals surface area contributed by atoms with Crippen LogP contribution in [-0.2, 0) is 24.8 Å². The zero-order valence-electron chi connectivity index (χ0n) is 20.1. The molecule has 4 N–H and O–H groups in total. The Bertz CT molecular complexity index is 1090. The van der Waals surface area contributed by atoms with Gasteiger partial charge in [-0.15, -0.1) is 0 Å². The standard InChI is InChI=1S/C25H32N6O4/c1-3-35-23(33)18-10-15-31(16-11-18)24(34)25(19-7-5-4-6-8-19)29-21-20(9-12-27-21)22(30-25)28-14-13-26-17(2)32/h4-9,12,18,27,29H,3,10-11,13-16H2,1-2H3,(H,26,32)(H,28,30). The molecule has 1 fully saturated rings. The molecule has 186 valence electrons. The van der Waals surface area contributed by atoms with Crippen molar-refractivity contribution in [3.8, 4) is 0 Å². The summed E-state index contributed by atoms with van der Waals surface area (Å²) in [6.07, 6.45) is 2.89. The number of carbonyl (C=O) groups excluding carboxylic acids is 3. The lowest BCUT2D eigenvalue weighted by atomic mass is 9.92. The van der Waals surface area contributed by atoms with Crippen molar-refractivity contribution in [2.45, 2.75) is 32.4 Å². The van der Waals surface area contributed by atoms with Crippen LogP contribution in [0.5, 0.6) is 0 Å². The normalized spacial score (nSPS) is 19.7. The fraction of sp³-hybridized carbons (Fsp3) is 0.440. The van der Waals surface area contributed by atoms with Gasteiger partial charge in [-0.3, -0.25) is 14.4 Å². The number of aliphatic imine (C=N–C) groups is 1. The van der Waals surface area contributed by atoms with Crippen molar-refractivity contribution in [2.24, 2.45) is 10.9 Å². The molecule has 4 rings (SSSR count). The summed E-state index contributed by atoms with van der Waals surface area (Å²) in [5.41, 5.74) is 0.138. The van der Waals surface area contributed by atoms with E-state index in [1.165, 1.54) is 6.92 Å². The molecule has 0 spiro atoms. The number of piperidine rings is 1. The highest BCUT2D eigenvalue weighted by atomic mass is 16.5. The summed E-state index contributed by atoms with van der Waals surface area (Å²) in [5.74, 6) is 0.543. The molecular weight excluding hydrogens is 448 g/mol. The number of amidine groups is 1. The molecule has 0 bridgehead atoms. The predicted octanol–water partition coefficient (Wildman–Crippen LogP) is 1.57. The molecule has 3 heterocycles. The fourth-order valence-electron chi connectivity index (χ4n) is 4.51. The molecule has 2 aromatic rings. The largest absolute Gasteiger partial charge is 0.466 e. The Morgan fingerprint density at radius 2 is 1.89 bits per heavy atom. The second-order valence-corrected chi connectivity index (χ2v) is 8.66. The smallest absolute Gasteiger partial charge is 0.309 e. The first-order chi connectivity index (χ1) is 16.9. The molecular formula is C25H32N6O4. The maximum absolute atomic E-state index is 14.1. The van der Waals surface area contributed by atoms with E-state index in [-0.39, 0.29) is 23.7 Å². The van der Waals surface area contributed by atoms with Crippen molar-refractivity contribution in [1.82, 2.24) is 20.5 Å². The molecule has 2 aliphatic rings. The molecule has 1 saturated heterocycles. The highest BCUT2D eigenvalue weighted by Crippen LogP contribution is 2.36. The van der Waals surface area contributed by atoms with Crippen LogP contribution in [0.15, 0.2) is 47.6 Å². The lowest BCUT2D eigenvalue weighted by Crippen LogP contribution is -2.55. The highest BCUT2D eigenvalue weighted by Gasteiger charge is 2.47. The van der Waals surface area contributed by atoms with Crippen molar-refractivity contribution < 1.29 is 19.1 Å². The van der Waals surface area contributed by atoms with Gasteiger partial charge in [0.15, 0.2) is 0 Å². The number of carbonyl (C=O) groups is 3. The minimum absolute atomic E-state index is 0.110. The van der Waals surface area contributed by atoms with Crippen LogP contribution in [0.2, 0.25) is 0 Å². The summed E-state index contributed by atoms with van der Waals surface area (Å²) in [7, 11) is 0. The average Bonchev–Trinajstić information content (AvgIpc) is 3.35. The zero-order chi connectivity index (χ0) is 24.8. The Labute approximate surface area is 204 Å². The molecule has 2 amide bonds. The van der Waals surface area contributed by atoms with Crippen LogP contribution in [-0.4, -0.2) is 66.3 Å². The first-order valence-corrected chi connectivity index (χ1v) is 12.0. The number of H-pyrrole nitrogens is 1. The van der Waals surface area contributed by atoms with Gasteiger partial charge in [0.2, 0.25) is 11.6 Å². The van der Waals surface area contributed by atoms with Gasteiger partial charge in [-0.05, 0) is 25.8 Å². The molecule has 1 aromatic carbocycles. The molecule has 0 aliphatic carbocycles. The third kappa shape index (κ3) is 5.16. The summed E-state index contributed by atoms with van der Waals surface area (Å²) in [6.45, 7) is 5.38. The first-order valence-electron chi connectivity index (χ1n) is 12.0. The van der Waals surface area contributed by atoms with E-state index < -0.39 is 5.66 Å². The van der Waals surface area contributed by atoms with Crippen molar-refractivity contribution in [3.05, 3.63) is 53.7 Å². The maximum atomic E-state index is 14.1. The van der Waals surface area contributed by atoms with Crippen molar-refractivity contribution in [1.29, 1.82) is 0 Å². The van der Waals surface area contributed by atoms with Crippen molar-refractivity contribution in [2.75, 3.05) is 38.1 Å². The number of rotatable bonds is 7. The summed E-state index contributed by atoms with van der Waals surface area (Å²) >= 11 is 0. The number of nitrogens with one attached hydrogen (secondary N) is 4. The van der Waals surface area contributed by atoms with Gasteiger partial charge >= 0.3 is 5.97 Å². The monoisotopic (exact) mass is 480 g/mol. The molecule has 2 aliphatic heterocycles. The van der Waals surface area contributed by atoms with Crippen LogP contribution >= 0.6 is 0 Å². The van der Waals surface area contributed by atoms with Crippen molar-refractivity contribution in [3.63, 3.8) is 0 Å². The summed E-state index contributed by atoms with van der Waals surface area (Å²) in [5, 5.41) is 9.40. The van der Waals surface area contributed by atoms with Gasteiger partial charge in [-0.25, -0.2) is 4.99 Å². The maximum Gasteiger partial charge on any atom is 0.309 e. The number of benzene rings is 1. The minimum Gasteiger partial charge on any atom is -0.466 e. The van der Waals surface area contributed by atoms with Gasteiger partial charge in [-0.2, -0.15) is 0 Å². The van der Waals surface area contributed by atoms with Gasteiger partial charge in [0.1, 0.15) is 11.7 Å². The molecule has 0 radical (unpaired) electrons. The number of anilines is 1. The van der Waals surface area contributed by atoms with Crippen LogP contribution < -0.4 is 16.0 Å². The Morgan fingerprint density at radius 3 is 2.57 bits per heavy atom. The zero-order valence-corrected chi connectivity index (χ0v) is 20.1. The Morgan fingerprint density at radius 1 is 1.14 bits per heavy atom. The number of hydrogen-bond donors (Lipinski definition) is 4. The van der Waals surface area contributed by atoms with E-state index in [2.05, 4.69) is 20.9 Å². The number of fused-ring (bicyclic) bond motifs is 1. The molecule has 35 heavy (non-hydrogen) atoms. The van der Waals surface area contributed by atoms with Gasteiger partial charge in [-0.1, -0.05) is 30.3 Å². The van der Waals surface area contributed by atoms with Crippen LogP contribution in [0.25, 0.3) is 0 Å². The third-order valence-electron chi connectivity index (χ3n) is 6.28. The highest BCUT2D eigenvalue weighted by molar-refractivity contribution is 6.08. The van der Waals surface area contributed by atoms with E-state index in [1.807, 2.05) is 36.4 Å². The predicted molar refractivity (Wildman–Crippen MR) is 132 cm³/mol. The topological polar surface area (TPSA) is 128 Å². The van der Waals surface area contributed by atoms with E-state index >= 15 is 0 Å². The second kappa shape index (κ2) is 10.6. The third-order valence-corrected chi connectivity index (χ3v) is 6.28. The Kier molecular flexibility index (Phi) is 7.38. The number of esters is 1. The summed E-state index contributed by atoms with van der Waals surface area (Å²) < 4.78 is 5.17. The van der Waals surface area contributed by atoms with E-state index in [0.29, 0.717) is 62.8 Å². The number of aromatic amines is 1. The van der Waals surface area contributed by atoms with E-state index in [4.69, 9.17) is 9.73 Å². The first kappa shape index (κ1) is 24.3. The van der Waals surface area contributed by atoms with Crippen LogP contribution in [0.1, 0.15) is 37.8 Å². The lowest BCUT2D eigenvalue weighted by Gasteiger charge is -2.40. The summed E-state index contributed by atoms with van der Waals surface area (Å²) in [6, 6.07) is 11.3. The second-order valence-electron chi connectivity index (χ2n) is 8.66. The number of hydrogen-bond acceptors (Lipinski definition) is 7. The fourth-order valence-corrected chi connectivity index (χ4v) is 4.51. The SMILES string of the molecule is CCOC(=O)C1CCN(C(=O)C2(c3ccccc3)N=C(NCCNC(C)=O)c3cc[nH]c3N2)CC1. The lowest BCUT2D eigenvalue weighted by molar-refractivity contribution is -0.152. The van der Waals surface area contributed by atoms with E-state index in [1.54, 1.807) is 18.0 Å². The number of aromatic nitrogens is 1. The minimum atomic E-state index is -1.38. The number of ether oxygens (including phenoxy) is 1. The number of nitrogens with zero attached hydrogens (tertiary/aromatic N) is 2. The molecule has 0 saturated carbocycles. The van der Waals surface area contributed by atoms with Crippen LogP contribution in [0.4, 0.5) is 5.82 Å². The van der Waals surface area contributed by atoms with E-state index in [9.17, 15) is 14.4 Å². The van der Waals surface area contributed by atoms with Gasteiger partial charge in [0.05, 0.1) is 18.1 Å². The van der Waals surface area contributed by atoms with E-state index in [0.717, 1.165) is 5.56 Å². The number of likely N-dealkylation sites (tertiary alicyclic amines) is 1. The Balaban J connectivity index is 1.63. The van der Waals surface area contributed by atoms with Gasteiger partial charge in [0, 0.05) is 44.9 Å². The summed E-state index contributed by atoms with van der Waals surface area (Å²) in [4.78, 5) is 47.4. The van der Waals surface area contributed by atoms with Gasteiger partial charge in [0.25, 0.3) is 5.91 Å². The van der Waals surface area contributed by atoms with Crippen LogP contribution in [0.3, 0.4) is 0 Å².